The van der Waals surface area contributed by atoms with Crippen LogP contribution in [0.25, 0.3) is 0 Å². The van der Waals surface area contributed by atoms with E-state index in [9.17, 15) is 9.59 Å². The van der Waals surface area contributed by atoms with Gasteiger partial charge in [-0.25, -0.2) is 9.78 Å². The molecule has 6 heteroatoms. The lowest BCUT2D eigenvalue weighted by Crippen LogP contribution is -2.30. The summed E-state index contributed by atoms with van der Waals surface area (Å²) in [6, 6.07) is 3.24. The lowest BCUT2D eigenvalue weighted by molar-refractivity contribution is -0.120. The van der Waals surface area contributed by atoms with Gasteiger partial charge in [-0.05, 0) is 25.0 Å². The van der Waals surface area contributed by atoms with Crippen molar-refractivity contribution >= 4 is 23.6 Å². The van der Waals surface area contributed by atoms with E-state index in [0.717, 1.165) is 30.7 Å². The molecule has 1 saturated heterocycles. The van der Waals surface area contributed by atoms with Gasteiger partial charge in [0.25, 0.3) is 0 Å². The minimum atomic E-state index is -1.05. The first-order chi connectivity index (χ1) is 8.66. The molecule has 1 aliphatic heterocycles. The molecule has 1 amide bonds. The van der Waals surface area contributed by atoms with Crippen molar-refractivity contribution in [3.8, 4) is 0 Å². The number of aromatic carboxylic acids is 1. The van der Waals surface area contributed by atoms with Crippen LogP contribution in [0.3, 0.4) is 0 Å². The standard InChI is InChI=1S/C12H14N2O3S/c15-11-10(3-1-2-5-14-11)18-8-4-6-13-9(7-8)12(16)17/h4,6-7,10H,1-3,5H2,(H,14,15)(H,16,17). The van der Waals surface area contributed by atoms with Gasteiger partial charge in [-0.1, -0.05) is 6.42 Å². The Morgan fingerprint density at radius 2 is 2.33 bits per heavy atom. The molecule has 0 saturated carbocycles. The minimum Gasteiger partial charge on any atom is -0.477 e. The van der Waals surface area contributed by atoms with Gasteiger partial charge in [0.2, 0.25) is 5.91 Å². The van der Waals surface area contributed by atoms with Crippen molar-refractivity contribution in [3.05, 3.63) is 24.0 Å². The number of hydrogen-bond acceptors (Lipinski definition) is 4. The highest BCUT2D eigenvalue weighted by Gasteiger charge is 2.22. The number of aromatic nitrogens is 1. The summed E-state index contributed by atoms with van der Waals surface area (Å²) < 4.78 is 0. The zero-order valence-electron chi connectivity index (χ0n) is 9.76. The fraction of sp³-hybridized carbons (Fsp3) is 0.417. The van der Waals surface area contributed by atoms with E-state index in [-0.39, 0.29) is 16.9 Å². The van der Waals surface area contributed by atoms with E-state index in [0.29, 0.717) is 0 Å². The van der Waals surface area contributed by atoms with Crippen LogP contribution in [0.4, 0.5) is 0 Å². The second-order valence-corrected chi connectivity index (χ2v) is 5.35. The summed E-state index contributed by atoms with van der Waals surface area (Å²) in [5.41, 5.74) is 0.00836. The van der Waals surface area contributed by atoms with Crippen molar-refractivity contribution in [1.29, 1.82) is 0 Å². The Labute approximate surface area is 109 Å². The van der Waals surface area contributed by atoms with Gasteiger partial charge in [0, 0.05) is 17.6 Å². The normalized spacial score (nSPS) is 20.0. The molecule has 1 unspecified atom stereocenters. The van der Waals surface area contributed by atoms with Crippen LogP contribution in [0, 0.1) is 0 Å². The number of hydrogen-bond donors (Lipinski definition) is 2. The van der Waals surface area contributed by atoms with Gasteiger partial charge < -0.3 is 10.4 Å². The number of thioether (sulfide) groups is 1. The fourth-order valence-corrected chi connectivity index (χ4v) is 2.91. The summed E-state index contributed by atoms with van der Waals surface area (Å²) in [5, 5.41) is 11.6. The van der Waals surface area contributed by atoms with E-state index in [1.807, 2.05) is 0 Å². The third-order valence-electron chi connectivity index (χ3n) is 2.71. The highest BCUT2D eigenvalue weighted by molar-refractivity contribution is 8.00. The summed E-state index contributed by atoms with van der Waals surface area (Å²) >= 11 is 1.40. The SMILES string of the molecule is O=C(O)c1cc(SC2CCCCNC2=O)ccn1. The Balaban J connectivity index is 2.10. The van der Waals surface area contributed by atoms with Gasteiger partial charge in [0.15, 0.2) is 0 Å². The average molecular weight is 266 g/mol. The molecule has 0 aromatic carbocycles. The van der Waals surface area contributed by atoms with Gasteiger partial charge in [0.1, 0.15) is 5.69 Å². The number of nitrogens with one attached hydrogen (secondary N) is 1. The van der Waals surface area contributed by atoms with E-state index in [4.69, 9.17) is 5.11 Å². The second-order valence-electron chi connectivity index (χ2n) is 4.08. The summed E-state index contributed by atoms with van der Waals surface area (Å²) in [7, 11) is 0. The number of carboxylic acid groups (broad SMARTS) is 1. The Kier molecular flexibility index (Phi) is 4.19. The highest BCUT2D eigenvalue weighted by Crippen LogP contribution is 2.28. The summed E-state index contributed by atoms with van der Waals surface area (Å²) in [6.45, 7) is 0.729. The number of carbonyl (C=O) groups is 2. The molecule has 0 bridgehead atoms. The summed E-state index contributed by atoms with van der Waals surface area (Å²) in [5.74, 6) is -1.02. The van der Waals surface area contributed by atoms with Crippen LogP contribution in [-0.2, 0) is 4.79 Å². The van der Waals surface area contributed by atoms with E-state index < -0.39 is 5.97 Å². The number of amides is 1. The molecule has 1 atom stereocenters. The lowest BCUT2D eigenvalue weighted by atomic mass is 10.2. The maximum Gasteiger partial charge on any atom is 0.354 e. The van der Waals surface area contributed by atoms with Crippen molar-refractivity contribution in [2.75, 3.05) is 6.54 Å². The maximum atomic E-state index is 11.8. The van der Waals surface area contributed by atoms with Crippen LogP contribution in [0.1, 0.15) is 29.8 Å². The predicted octanol–water partition coefficient (Wildman–Crippen LogP) is 1.54. The van der Waals surface area contributed by atoms with Crippen LogP contribution >= 0.6 is 11.8 Å². The molecule has 1 aromatic heterocycles. The molecule has 1 aliphatic rings. The van der Waals surface area contributed by atoms with Gasteiger partial charge in [-0.15, -0.1) is 11.8 Å². The number of carbonyl (C=O) groups excluding carboxylic acids is 1. The zero-order valence-corrected chi connectivity index (χ0v) is 10.6. The first-order valence-corrected chi connectivity index (χ1v) is 6.68. The number of nitrogens with zero attached hydrogens (tertiary/aromatic N) is 1. The molecule has 96 valence electrons. The fourth-order valence-electron chi connectivity index (χ4n) is 1.79. The Morgan fingerprint density at radius 3 is 3.11 bits per heavy atom. The third-order valence-corrected chi connectivity index (χ3v) is 3.97. The van der Waals surface area contributed by atoms with Crippen molar-refractivity contribution in [3.63, 3.8) is 0 Å². The van der Waals surface area contributed by atoms with Crippen molar-refractivity contribution in [1.82, 2.24) is 10.3 Å². The first kappa shape index (κ1) is 12.9. The Morgan fingerprint density at radius 1 is 1.50 bits per heavy atom. The average Bonchev–Trinajstić information content (AvgIpc) is 2.55. The molecule has 1 aromatic rings. The monoisotopic (exact) mass is 266 g/mol. The van der Waals surface area contributed by atoms with Crippen LogP contribution in [0.2, 0.25) is 0 Å². The number of carboxylic acids is 1. The maximum absolute atomic E-state index is 11.8. The Bertz CT molecular complexity index is 464. The van der Waals surface area contributed by atoms with Crippen molar-refractivity contribution in [2.24, 2.45) is 0 Å². The molecule has 0 radical (unpaired) electrons. The summed E-state index contributed by atoms with van der Waals surface area (Å²) in [6.07, 6.45) is 4.29. The van der Waals surface area contributed by atoms with E-state index in [2.05, 4.69) is 10.3 Å². The van der Waals surface area contributed by atoms with Crippen molar-refractivity contribution < 1.29 is 14.7 Å². The van der Waals surface area contributed by atoms with Crippen LogP contribution in [-0.4, -0.2) is 33.8 Å². The molecular weight excluding hydrogens is 252 g/mol. The minimum absolute atomic E-state index is 0.00836. The van der Waals surface area contributed by atoms with Gasteiger partial charge in [-0.2, -0.15) is 0 Å². The molecular formula is C12H14N2O3S. The zero-order chi connectivity index (χ0) is 13.0. The quantitative estimate of drug-likeness (QED) is 0.867. The largest absolute Gasteiger partial charge is 0.477 e. The predicted molar refractivity (Wildman–Crippen MR) is 67.7 cm³/mol. The molecule has 0 aliphatic carbocycles. The molecule has 2 rings (SSSR count). The molecule has 2 heterocycles. The summed E-state index contributed by atoms with van der Waals surface area (Å²) in [4.78, 5) is 27.1. The molecule has 1 fully saturated rings. The smallest absolute Gasteiger partial charge is 0.354 e. The molecule has 5 nitrogen and oxygen atoms in total. The topological polar surface area (TPSA) is 79.3 Å². The van der Waals surface area contributed by atoms with Crippen LogP contribution in [0.15, 0.2) is 23.2 Å². The number of rotatable bonds is 3. The van der Waals surface area contributed by atoms with E-state index in [1.165, 1.54) is 24.0 Å². The molecule has 0 spiro atoms. The van der Waals surface area contributed by atoms with Crippen LogP contribution < -0.4 is 5.32 Å². The molecule has 18 heavy (non-hydrogen) atoms. The second kappa shape index (κ2) is 5.86. The van der Waals surface area contributed by atoms with E-state index in [1.54, 1.807) is 6.07 Å². The third kappa shape index (κ3) is 3.22. The van der Waals surface area contributed by atoms with Gasteiger partial charge >= 0.3 is 5.97 Å². The van der Waals surface area contributed by atoms with Crippen molar-refractivity contribution in [2.45, 2.75) is 29.4 Å². The number of pyridine rings is 1. The van der Waals surface area contributed by atoms with Gasteiger partial charge in [-0.3, -0.25) is 4.79 Å². The van der Waals surface area contributed by atoms with Crippen LogP contribution in [0.5, 0.6) is 0 Å². The lowest BCUT2D eigenvalue weighted by Gasteiger charge is -2.12. The van der Waals surface area contributed by atoms with Gasteiger partial charge in [0.05, 0.1) is 5.25 Å². The first-order valence-electron chi connectivity index (χ1n) is 5.80. The molecule has 2 N–H and O–H groups in total. The Hall–Kier alpha value is -1.56. The van der Waals surface area contributed by atoms with E-state index >= 15 is 0 Å². The highest BCUT2D eigenvalue weighted by atomic mass is 32.2.